The summed E-state index contributed by atoms with van der Waals surface area (Å²) in [6.07, 6.45) is -3.10. The van der Waals surface area contributed by atoms with Gasteiger partial charge >= 0.3 is 5.97 Å². The molecule has 0 aromatic carbocycles. The maximum atomic E-state index is 12.4. The Bertz CT molecular complexity index is 414. The maximum absolute atomic E-state index is 12.4. The van der Waals surface area contributed by atoms with Crippen LogP contribution in [0.1, 0.15) is 17.7 Å². The van der Waals surface area contributed by atoms with Crippen LogP contribution in [0.25, 0.3) is 0 Å². The Morgan fingerprint density at radius 2 is 2.20 bits per heavy atom. The predicted molar refractivity (Wildman–Crippen MR) is 47.7 cm³/mol. The Hall–Kier alpha value is -1.72. The van der Waals surface area contributed by atoms with Crippen molar-refractivity contribution < 1.29 is 18.3 Å². The first-order chi connectivity index (χ1) is 7.04. The number of nitrogens with one attached hydrogen (secondary N) is 1. The fourth-order valence-electron chi connectivity index (χ4n) is 1.10. The Morgan fingerprint density at radius 1 is 1.53 bits per heavy atom. The van der Waals surface area contributed by atoms with Gasteiger partial charge in [-0.25, -0.2) is 8.78 Å². The van der Waals surface area contributed by atoms with E-state index in [0.717, 1.165) is 19.2 Å². The molecule has 4 nitrogen and oxygen atoms in total. The average Bonchev–Trinajstić information content (AvgIpc) is 2.17. The first kappa shape index (κ1) is 11.4. The van der Waals surface area contributed by atoms with Crippen molar-refractivity contribution in [1.82, 2.24) is 4.98 Å². The molecule has 1 rings (SSSR count). The van der Waals surface area contributed by atoms with Crippen LogP contribution in [0.2, 0.25) is 0 Å². The summed E-state index contributed by atoms with van der Waals surface area (Å²) in [5, 5.41) is 0. The third-order valence-corrected chi connectivity index (χ3v) is 1.82. The molecule has 1 N–H and O–H groups in total. The summed E-state index contributed by atoms with van der Waals surface area (Å²) < 4.78 is 29.2. The molecule has 0 bridgehead atoms. The third-order valence-electron chi connectivity index (χ3n) is 1.82. The fraction of sp³-hybridized carbons (Fsp3) is 0.333. The molecule has 0 saturated carbocycles. The molecule has 0 amide bonds. The molecule has 0 spiro atoms. The van der Waals surface area contributed by atoms with Crippen LogP contribution in [0.5, 0.6) is 0 Å². The van der Waals surface area contributed by atoms with Gasteiger partial charge in [0.1, 0.15) is 0 Å². The lowest BCUT2D eigenvalue weighted by Crippen LogP contribution is -2.15. The lowest BCUT2D eigenvalue weighted by molar-refractivity contribution is -0.139. The standard InChI is InChI=1S/C9H9F2NO3/c1-15-8(14)4-6-5(9(10)11)2-3-7(13)12-6/h2-3,9H,4H2,1H3,(H,12,13). The number of halogens is 2. The summed E-state index contributed by atoms with van der Waals surface area (Å²) in [5.41, 5.74) is -0.998. The van der Waals surface area contributed by atoms with Gasteiger partial charge in [-0.1, -0.05) is 0 Å². The molecule has 0 radical (unpaired) electrons. The zero-order valence-electron chi connectivity index (χ0n) is 7.92. The van der Waals surface area contributed by atoms with Gasteiger partial charge in [0.25, 0.3) is 6.43 Å². The van der Waals surface area contributed by atoms with Gasteiger partial charge in [-0.2, -0.15) is 0 Å². The average molecular weight is 217 g/mol. The molecule has 1 aromatic heterocycles. The summed E-state index contributed by atoms with van der Waals surface area (Å²) in [5.74, 6) is -0.682. The molecule has 0 unspecified atom stereocenters. The normalized spacial score (nSPS) is 10.4. The minimum Gasteiger partial charge on any atom is -0.469 e. The number of carbonyl (C=O) groups is 1. The minimum atomic E-state index is -2.73. The summed E-state index contributed by atoms with van der Waals surface area (Å²) in [6, 6.07) is 1.99. The molecule has 0 aliphatic rings. The van der Waals surface area contributed by atoms with E-state index in [1.54, 1.807) is 0 Å². The predicted octanol–water partition coefficient (Wildman–Crippen LogP) is 1.03. The number of pyridine rings is 1. The van der Waals surface area contributed by atoms with Crippen molar-refractivity contribution >= 4 is 5.97 Å². The molecule has 0 aliphatic carbocycles. The fourth-order valence-corrected chi connectivity index (χ4v) is 1.10. The van der Waals surface area contributed by atoms with E-state index in [-0.39, 0.29) is 17.7 Å². The lowest BCUT2D eigenvalue weighted by atomic mass is 10.1. The molecule has 15 heavy (non-hydrogen) atoms. The first-order valence-corrected chi connectivity index (χ1v) is 4.11. The third kappa shape index (κ3) is 2.87. The van der Waals surface area contributed by atoms with Crippen LogP contribution >= 0.6 is 0 Å². The molecule has 1 aromatic rings. The molecule has 0 aliphatic heterocycles. The largest absolute Gasteiger partial charge is 0.469 e. The number of aromatic nitrogens is 1. The van der Waals surface area contributed by atoms with E-state index in [4.69, 9.17) is 0 Å². The topological polar surface area (TPSA) is 59.2 Å². The molecule has 1 heterocycles. The van der Waals surface area contributed by atoms with Crippen LogP contribution in [0, 0.1) is 0 Å². The van der Waals surface area contributed by atoms with Gasteiger partial charge in [0.05, 0.1) is 13.5 Å². The zero-order chi connectivity index (χ0) is 11.4. The Kier molecular flexibility index (Phi) is 3.54. The van der Waals surface area contributed by atoms with Crippen LogP contribution < -0.4 is 5.56 Å². The number of aromatic amines is 1. The molecular formula is C9H9F2NO3. The molecule has 6 heteroatoms. The van der Waals surface area contributed by atoms with E-state index in [2.05, 4.69) is 9.72 Å². The van der Waals surface area contributed by atoms with Crippen molar-refractivity contribution in [3.63, 3.8) is 0 Å². The van der Waals surface area contributed by atoms with Gasteiger partial charge in [-0.3, -0.25) is 9.59 Å². The van der Waals surface area contributed by atoms with E-state index >= 15 is 0 Å². The number of alkyl halides is 2. The van der Waals surface area contributed by atoms with Crippen molar-refractivity contribution in [3.8, 4) is 0 Å². The summed E-state index contributed by atoms with van der Waals surface area (Å²) in [6.45, 7) is 0. The highest BCUT2D eigenvalue weighted by atomic mass is 19.3. The Morgan fingerprint density at radius 3 is 2.73 bits per heavy atom. The van der Waals surface area contributed by atoms with Crippen LogP contribution in [-0.2, 0) is 16.0 Å². The Balaban J connectivity index is 3.07. The van der Waals surface area contributed by atoms with Gasteiger partial charge in [-0.15, -0.1) is 0 Å². The van der Waals surface area contributed by atoms with Crippen LogP contribution in [0.15, 0.2) is 16.9 Å². The van der Waals surface area contributed by atoms with Gasteiger partial charge < -0.3 is 9.72 Å². The van der Waals surface area contributed by atoms with Gasteiger partial charge in [0, 0.05) is 17.3 Å². The molecule has 0 fully saturated rings. The Labute approximate surface area is 83.9 Å². The van der Waals surface area contributed by atoms with E-state index in [0.29, 0.717) is 0 Å². The maximum Gasteiger partial charge on any atom is 0.311 e. The van der Waals surface area contributed by atoms with E-state index in [1.165, 1.54) is 0 Å². The van der Waals surface area contributed by atoms with Crippen molar-refractivity contribution in [1.29, 1.82) is 0 Å². The number of H-pyrrole nitrogens is 1. The lowest BCUT2D eigenvalue weighted by Gasteiger charge is -2.06. The molecule has 0 saturated heterocycles. The number of rotatable bonds is 3. The number of hydrogen-bond donors (Lipinski definition) is 1. The monoisotopic (exact) mass is 217 g/mol. The smallest absolute Gasteiger partial charge is 0.311 e. The van der Waals surface area contributed by atoms with E-state index in [1.807, 2.05) is 0 Å². The van der Waals surface area contributed by atoms with Crippen molar-refractivity contribution in [3.05, 3.63) is 33.7 Å². The molecular weight excluding hydrogens is 208 g/mol. The highest BCUT2D eigenvalue weighted by Crippen LogP contribution is 2.20. The SMILES string of the molecule is COC(=O)Cc1[nH]c(=O)ccc1C(F)F. The van der Waals surface area contributed by atoms with E-state index < -0.39 is 18.0 Å². The van der Waals surface area contributed by atoms with Gasteiger partial charge in [-0.05, 0) is 6.07 Å². The van der Waals surface area contributed by atoms with E-state index in [9.17, 15) is 18.4 Å². The quantitative estimate of drug-likeness (QED) is 0.769. The highest BCUT2D eigenvalue weighted by molar-refractivity contribution is 5.72. The molecule has 82 valence electrons. The van der Waals surface area contributed by atoms with Gasteiger partial charge in [0.2, 0.25) is 5.56 Å². The van der Waals surface area contributed by atoms with Crippen LogP contribution in [-0.4, -0.2) is 18.1 Å². The summed E-state index contributed by atoms with van der Waals surface area (Å²) in [4.78, 5) is 23.9. The number of hydrogen-bond acceptors (Lipinski definition) is 3. The minimum absolute atomic E-state index is 0.107. The van der Waals surface area contributed by atoms with Crippen molar-refractivity contribution in [2.24, 2.45) is 0 Å². The van der Waals surface area contributed by atoms with Crippen molar-refractivity contribution in [2.45, 2.75) is 12.8 Å². The van der Waals surface area contributed by atoms with Crippen LogP contribution in [0.4, 0.5) is 8.78 Å². The first-order valence-electron chi connectivity index (χ1n) is 4.11. The van der Waals surface area contributed by atoms with Gasteiger partial charge in [0.15, 0.2) is 0 Å². The number of esters is 1. The second-order valence-corrected chi connectivity index (χ2v) is 2.81. The molecule has 0 atom stereocenters. The van der Waals surface area contributed by atoms with Crippen molar-refractivity contribution in [2.75, 3.05) is 7.11 Å². The summed E-state index contributed by atoms with van der Waals surface area (Å²) >= 11 is 0. The number of methoxy groups -OCH3 is 1. The zero-order valence-corrected chi connectivity index (χ0v) is 7.92. The second kappa shape index (κ2) is 4.68. The second-order valence-electron chi connectivity index (χ2n) is 2.81. The summed E-state index contributed by atoms with van der Waals surface area (Å²) in [7, 11) is 1.14. The van der Waals surface area contributed by atoms with Crippen LogP contribution in [0.3, 0.4) is 0 Å². The highest BCUT2D eigenvalue weighted by Gasteiger charge is 2.16. The number of carbonyl (C=O) groups excluding carboxylic acids is 1. The number of ether oxygens (including phenoxy) is 1.